The monoisotopic (exact) mass is 377 g/mol. The standard InChI is InChI=1S/C18H16ClNO4S/c1-24-17-8-6-15(7-9-17)20(16-10-11-25(22,23)12-16)18(21)13-2-4-14(19)5-3-13/h2-11,16H,12H2,1H3/t16-/m1/s1. The number of sulfone groups is 1. The van der Waals surface area contributed by atoms with E-state index in [1.54, 1.807) is 55.6 Å². The number of amides is 1. The van der Waals surface area contributed by atoms with Crippen LogP contribution in [0.2, 0.25) is 5.02 Å². The molecule has 1 atom stereocenters. The van der Waals surface area contributed by atoms with E-state index in [4.69, 9.17) is 16.3 Å². The van der Waals surface area contributed by atoms with Gasteiger partial charge in [-0.15, -0.1) is 0 Å². The molecule has 0 aliphatic carbocycles. The first kappa shape index (κ1) is 17.5. The zero-order chi connectivity index (χ0) is 18.0. The Labute approximate surface area is 151 Å². The summed E-state index contributed by atoms with van der Waals surface area (Å²) in [5, 5.41) is 1.68. The molecule has 0 saturated carbocycles. The third-order valence-electron chi connectivity index (χ3n) is 3.90. The van der Waals surface area contributed by atoms with Crippen LogP contribution in [0, 0.1) is 0 Å². The number of ether oxygens (including phenoxy) is 1. The van der Waals surface area contributed by atoms with Crippen molar-refractivity contribution < 1.29 is 17.9 Å². The molecule has 2 aromatic rings. The quantitative estimate of drug-likeness (QED) is 0.820. The third kappa shape index (κ3) is 3.86. The Bertz CT molecular complexity index is 905. The van der Waals surface area contributed by atoms with E-state index in [0.29, 0.717) is 22.0 Å². The predicted molar refractivity (Wildman–Crippen MR) is 98.0 cm³/mol. The molecule has 1 aliphatic rings. The maximum absolute atomic E-state index is 13.0. The number of nitrogens with zero attached hydrogens (tertiary/aromatic N) is 1. The number of halogens is 1. The van der Waals surface area contributed by atoms with Crippen LogP contribution in [0.4, 0.5) is 5.69 Å². The van der Waals surface area contributed by atoms with Gasteiger partial charge >= 0.3 is 0 Å². The first-order chi connectivity index (χ1) is 11.9. The Morgan fingerprint density at radius 1 is 1.12 bits per heavy atom. The Hall–Kier alpha value is -2.31. The summed E-state index contributed by atoms with van der Waals surface area (Å²) in [5.41, 5.74) is 1.02. The number of anilines is 1. The normalized spacial score (nSPS) is 18.1. The van der Waals surface area contributed by atoms with Crippen molar-refractivity contribution in [2.75, 3.05) is 17.8 Å². The van der Waals surface area contributed by atoms with Crippen molar-refractivity contribution in [3.05, 3.63) is 70.6 Å². The SMILES string of the molecule is COc1ccc(N(C(=O)c2ccc(Cl)cc2)[C@@H]2C=CS(=O)(=O)C2)cc1. The summed E-state index contributed by atoms with van der Waals surface area (Å²) in [6.07, 6.45) is 1.54. The van der Waals surface area contributed by atoms with Gasteiger partial charge in [0.15, 0.2) is 9.84 Å². The molecule has 2 aromatic carbocycles. The van der Waals surface area contributed by atoms with E-state index in [0.717, 1.165) is 5.41 Å². The molecular formula is C18H16ClNO4S. The number of carbonyl (C=O) groups is 1. The largest absolute Gasteiger partial charge is 0.497 e. The molecule has 5 nitrogen and oxygen atoms in total. The molecule has 0 saturated heterocycles. The predicted octanol–water partition coefficient (Wildman–Crippen LogP) is 3.31. The first-order valence-electron chi connectivity index (χ1n) is 7.54. The van der Waals surface area contributed by atoms with Gasteiger partial charge in [-0.2, -0.15) is 0 Å². The van der Waals surface area contributed by atoms with Crippen LogP contribution in [0.3, 0.4) is 0 Å². The lowest BCUT2D eigenvalue weighted by Crippen LogP contribution is -2.41. The third-order valence-corrected chi connectivity index (χ3v) is 5.53. The molecule has 0 bridgehead atoms. The minimum absolute atomic E-state index is 0.141. The van der Waals surface area contributed by atoms with E-state index < -0.39 is 15.9 Å². The van der Waals surface area contributed by atoms with Gasteiger partial charge in [-0.25, -0.2) is 8.42 Å². The summed E-state index contributed by atoms with van der Waals surface area (Å²) in [6.45, 7) is 0. The summed E-state index contributed by atoms with van der Waals surface area (Å²) in [5.74, 6) is 0.212. The summed E-state index contributed by atoms with van der Waals surface area (Å²) in [7, 11) is -1.75. The molecule has 0 radical (unpaired) electrons. The van der Waals surface area contributed by atoms with Crippen molar-refractivity contribution in [2.24, 2.45) is 0 Å². The average Bonchev–Trinajstić information content (AvgIpc) is 2.96. The zero-order valence-electron chi connectivity index (χ0n) is 13.4. The van der Waals surface area contributed by atoms with Gasteiger partial charge in [-0.1, -0.05) is 11.6 Å². The molecule has 130 valence electrons. The van der Waals surface area contributed by atoms with Gasteiger partial charge < -0.3 is 9.64 Å². The van der Waals surface area contributed by atoms with Crippen molar-refractivity contribution in [1.29, 1.82) is 0 Å². The molecule has 7 heteroatoms. The highest BCUT2D eigenvalue weighted by Crippen LogP contribution is 2.27. The highest BCUT2D eigenvalue weighted by atomic mass is 35.5. The molecule has 25 heavy (non-hydrogen) atoms. The fraction of sp³-hybridized carbons (Fsp3) is 0.167. The van der Waals surface area contributed by atoms with Crippen molar-refractivity contribution in [2.45, 2.75) is 6.04 Å². The van der Waals surface area contributed by atoms with Gasteiger partial charge in [-0.05, 0) is 54.6 Å². The van der Waals surface area contributed by atoms with Crippen LogP contribution in [0.5, 0.6) is 5.75 Å². The van der Waals surface area contributed by atoms with Crippen LogP contribution < -0.4 is 9.64 Å². The topological polar surface area (TPSA) is 63.7 Å². The number of rotatable bonds is 4. The van der Waals surface area contributed by atoms with E-state index in [1.165, 1.54) is 11.0 Å². The second kappa shape index (κ2) is 6.90. The van der Waals surface area contributed by atoms with Crippen molar-refractivity contribution in [3.63, 3.8) is 0 Å². The molecular weight excluding hydrogens is 362 g/mol. The number of methoxy groups -OCH3 is 1. The molecule has 1 aliphatic heterocycles. The summed E-state index contributed by atoms with van der Waals surface area (Å²) in [4.78, 5) is 14.5. The van der Waals surface area contributed by atoms with Crippen LogP contribution in [0.1, 0.15) is 10.4 Å². The number of carbonyl (C=O) groups excluding carboxylic acids is 1. The van der Waals surface area contributed by atoms with Crippen LogP contribution in [0.15, 0.2) is 60.0 Å². The van der Waals surface area contributed by atoms with Crippen molar-refractivity contribution in [3.8, 4) is 5.75 Å². The Morgan fingerprint density at radius 3 is 2.28 bits per heavy atom. The van der Waals surface area contributed by atoms with E-state index in [-0.39, 0.29) is 11.7 Å². The Balaban J connectivity index is 2.00. The van der Waals surface area contributed by atoms with Gasteiger partial charge in [0.2, 0.25) is 0 Å². The van der Waals surface area contributed by atoms with E-state index in [9.17, 15) is 13.2 Å². The molecule has 0 aromatic heterocycles. The van der Waals surface area contributed by atoms with Crippen molar-refractivity contribution in [1.82, 2.24) is 0 Å². The smallest absolute Gasteiger partial charge is 0.258 e. The lowest BCUT2D eigenvalue weighted by atomic mass is 10.1. The Kier molecular flexibility index (Phi) is 4.83. The van der Waals surface area contributed by atoms with E-state index in [1.807, 2.05) is 0 Å². The maximum Gasteiger partial charge on any atom is 0.258 e. The van der Waals surface area contributed by atoms with Crippen LogP contribution in [0.25, 0.3) is 0 Å². The second-order valence-corrected chi connectivity index (χ2v) is 7.97. The van der Waals surface area contributed by atoms with E-state index in [2.05, 4.69) is 0 Å². The van der Waals surface area contributed by atoms with Crippen molar-refractivity contribution >= 4 is 33.0 Å². The maximum atomic E-state index is 13.0. The van der Waals surface area contributed by atoms with Gasteiger partial charge in [-0.3, -0.25) is 4.79 Å². The average molecular weight is 378 g/mol. The molecule has 0 spiro atoms. The molecule has 0 N–H and O–H groups in total. The first-order valence-corrected chi connectivity index (χ1v) is 9.63. The molecule has 0 unspecified atom stereocenters. The van der Waals surface area contributed by atoms with Crippen LogP contribution in [-0.4, -0.2) is 33.2 Å². The summed E-state index contributed by atoms with van der Waals surface area (Å²) < 4.78 is 28.8. The minimum Gasteiger partial charge on any atom is -0.497 e. The highest BCUT2D eigenvalue weighted by molar-refractivity contribution is 7.94. The fourth-order valence-corrected chi connectivity index (χ4v) is 4.05. The van der Waals surface area contributed by atoms with Gasteiger partial charge in [0, 0.05) is 21.7 Å². The second-order valence-electron chi connectivity index (χ2n) is 5.61. The van der Waals surface area contributed by atoms with E-state index >= 15 is 0 Å². The highest BCUT2D eigenvalue weighted by Gasteiger charge is 2.32. The molecule has 1 amide bonds. The number of benzene rings is 2. The fourth-order valence-electron chi connectivity index (χ4n) is 2.65. The lowest BCUT2D eigenvalue weighted by Gasteiger charge is -2.28. The van der Waals surface area contributed by atoms with Crippen LogP contribution >= 0.6 is 11.6 Å². The Morgan fingerprint density at radius 2 is 1.76 bits per heavy atom. The van der Waals surface area contributed by atoms with Gasteiger partial charge in [0.05, 0.1) is 18.9 Å². The zero-order valence-corrected chi connectivity index (χ0v) is 15.0. The molecule has 3 rings (SSSR count). The number of hydrogen-bond donors (Lipinski definition) is 0. The lowest BCUT2D eigenvalue weighted by molar-refractivity contribution is 0.0983. The summed E-state index contributed by atoms with van der Waals surface area (Å²) in [6, 6.07) is 12.8. The van der Waals surface area contributed by atoms with Gasteiger partial charge in [0.25, 0.3) is 5.91 Å². The van der Waals surface area contributed by atoms with Gasteiger partial charge in [0.1, 0.15) is 5.75 Å². The molecule has 1 heterocycles. The molecule has 0 fully saturated rings. The van der Waals surface area contributed by atoms with Crippen LogP contribution in [-0.2, 0) is 9.84 Å². The minimum atomic E-state index is -3.30. The summed E-state index contributed by atoms with van der Waals surface area (Å²) >= 11 is 5.88. The number of hydrogen-bond acceptors (Lipinski definition) is 4.